The van der Waals surface area contributed by atoms with Crippen molar-refractivity contribution in [3.05, 3.63) is 23.8 Å². The van der Waals surface area contributed by atoms with Crippen molar-refractivity contribution in [1.82, 2.24) is 0 Å². The molecule has 0 aromatic heterocycles. The summed E-state index contributed by atoms with van der Waals surface area (Å²) in [5, 5.41) is 10.2. The standard InChI is InChI=1S/C17H26O3/c1-5-12(6-2)11-19-13-7-8-14-15(18)10-17(3,4)20-16(14)9-13/h7-9,12,15,18H,5-6,10-11H2,1-4H3. The number of fused-ring (bicyclic) bond motifs is 1. The molecule has 1 aliphatic rings. The molecule has 0 bridgehead atoms. The van der Waals surface area contributed by atoms with E-state index in [1.807, 2.05) is 32.0 Å². The highest BCUT2D eigenvalue weighted by Gasteiger charge is 2.32. The fraction of sp³-hybridized carbons (Fsp3) is 0.647. The van der Waals surface area contributed by atoms with Crippen molar-refractivity contribution < 1.29 is 14.6 Å². The molecule has 0 amide bonds. The van der Waals surface area contributed by atoms with Crippen molar-refractivity contribution in [3.63, 3.8) is 0 Å². The molecule has 2 rings (SSSR count). The van der Waals surface area contributed by atoms with Crippen LogP contribution in [0.3, 0.4) is 0 Å². The first-order valence-corrected chi connectivity index (χ1v) is 7.59. The predicted octanol–water partition coefficient (Wildman–Crippen LogP) is 4.10. The van der Waals surface area contributed by atoms with Crippen LogP contribution in [0.25, 0.3) is 0 Å². The van der Waals surface area contributed by atoms with E-state index in [4.69, 9.17) is 9.47 Å². The number of aliphatic hydroxyl groups is 1. The van der Waals surface area contributed by atoms with Crippen LogP contribution in [0.1, 0.15) is 58.6 Å². The third-order valence-electron chi connectivity index (χ3n) is 4.06. The van der Waals surface area contributed by atoms with Gasteiger partial charge in [0.25, 0.3) is 0 Å². The van der Waals surface area contributed by atoms with E-state index in [1.165, 1.54) is 0 Å². The maximum atomic E-state index is 10.2. The second-order valence-corrected chi connectivity index (χ2v) is 6.27. The summed E-state index contributed by atoms with van der Waals surface area (Å²) < 4.78 is 11.8. The molecule has 1 aliphatic heterocycles. The molecule has 1 N–H and O–H groups in total. The normalized spacial score (nSPS) is 20.4. The number of hydrogen-bond acceptors (Lipinski definition) is 3. The van der Waals surface area contributed by atoms with Crippen molar-refractivity contribution in [1.29, 1.82) is 0 Å². The van der Waals surface area contributed by atoms with E-state index >= 15 is 0 Å². The molecule has 0 aliphatic carbocycles. The fourth-order valence-electron chi connectivity index (χ4n) is 2.62. The lowest BCUT2D eigenvalue weighted by Gasteiger charge is -2.35. The van der Waals surface area contributed by atoms with E-state index < -0.39 is 6.10 Å². The zero-order valence-electron chi connectivity index (χ0n) is 13.0. The molecule has 20 heavy (non-hydrogen) atoms. The third kappa shape index (κ3) is 3.45. The van der Waals surface area contributed by atoms with E-state index in [1.54, 1.807) is 0 Å². The second kappa shape index (κ2) is 6.04. The summed E-state index contributed by atoms with van der Waals surface area (Å²) in [6, 6.07) is 5.74. The van der Waals surface area contributed by atoms with Gasteiger partial charge >= 0.3 is 0 Å². The van der Waals surface area contributed by atoms with Crippen LogP contribution in [-0.4, -0.2) is 17.3 Å². The minimum atomic E-state index is -0.457. The monoisotopic (exact) mass is 278 g/mol. The van der Waals surface area contributed by atoms with Crippen LogP contribution < -0.4 is 9.47 Å². The molecule has 1 atom stereocenters. The highest BCUT2D eigenvalue weighted by Crippen LogP contribution is 2.41. The van der Waals surface area contributed by atoms with Gasteiger partial charge in [-0.05, 0) is 31.9 Å². The maximum Gasteiger partial charge on any atom is 0.129 e. The Labute approximate surface area is 121 Å². The lowest BCUT2D eigenvalue weighted by molar-refractivity contribution is 0.0113. The van der Waals surface area contributed by atoms with Crippen LogP contribution in [-0.2, 0) is 0 Å². The van der Waals surface area contributed by atoms with Gasteiger partial charge in [0.1, 0.15) is 17.1 Å². The van der Waals surface area contributed by atoms with Gasteiger partial charge in [-0.25, -0.2) is 0 Å². The zero-order valence-corrected chi connectivity index (χ0v) is 13.0. The van der Waals surface area contributed by atoms with E-state index in [0.717, 1.165) is 36.5 Å². The molecular weight excluding hydrogens is 252 g/mol. The number of rotatable bonds is 5. The van der Waals surface area contributed by atoms with E-state index in [9.17, 15) is 5.11 Å². The Morgan fingerprint density at radius 1 is 1.35 bits per heavy atom. The highest BCUT2D eigenvalue weighted by molar-refractivity contribution is 5.43. The molecule has 0 saturated carbocycles. The molecule has 1 aromatic carbocycles. The molecule has 1 heterocycles. The van der Waals surface area contributed by atoms with Gasteiger partial charge in [-0.3, -0.25) is 0 Å². The van der Waals surface area contributed by atoms with Gasteiger partial charge in [0, 0.05) is 18.1 Å². The fourth-order valence-corrected chi connectivity index (χ4v) is 2.62. The van der Waals surface area contributed by atoms with Gasteiger partial charge in [0.15, 0.2) is 0 Å². The smallest absolute Gasteiger partial charge is 0.129 e. The summed E-state index contributed by atoms with van der Waals surface area (Å²) in [6.07, 6.45) is 2.42. The average Bonchev–Trinajstić information content (AvgIpc) is 2.38. The summed E-state index contributed by atoms with van der Waals surface area (Å²) in [5.41, 5.74) is 0.527. The summed E-state index contributed by atoms with van der Waals surface area (Å²) in [6.45, 7) is 9.10. The van der Waals surface area contributed by atoms with Crippen molar-refractivity contribution in [2.24, 2.45) is 5.92 Å². The number of hydrogen-bond donors (Lipinski definition) is 1. The Hall–Kier alpha value is -1.22. The number of aliphatic hydroxyl groups excluding tert-OH is 1. The molecule has 1 aromatic rings. The van der Waals surface area contributed by atoms with Gasteiger partial charge in [-0.1, -0.05) is 26.7 Å². The van der Waals surface area contributed by atoms with E-state index in [-0.39, 0.29) is 5.60 Å². The Balaban J connectivity index is 2.11. The first kappa shape index (κ1) is 15.2. The summed E-state index contributed by atoms with van der Waals surface area (Å²) in [5.74, 6) is 2.16. The van der Waals surface area contributed by atoms with Crippen LogP contribution in [0.15, 0.2) is 18.2 Å². The highest BCUT2D eigenvalue weighted by atomic mass is 16.5. The first-order valence-electron chi connectivity index (χ1n) is 7.59. The summed E-state index contributed by atoms with van der Waals surface area (Å²) in [4.78, 5) is 0. The van der Waals surface area contributed by atoms with Gasteiger partial charge in [0.05, 0.1) is 12.7 Å². The van der Waals surface area contributed by atoms with E-state index in [0.29, 0.717) is 12.3 Å². The Bertz CT molecular complexity index is 450. The average molecular weight is 278 g/mol. The number of ether oxygens (including phenoxy) is 2. The predicted molar refractivity (Wildman–Crippen MR) is 80.3 cm³/mol. The zero-order chi connectivity index (χ0) is 14.8. The molecule has 0 fully saturated rings. The SMILES string of the molecule is CCC(CC)COc1ccc2c(c1)OC(C)(C)CC2O. The van der Waals surface area contributed by atoms with Gasteiger partial charge in [-0.15, -0.1) is 0 Å². The largest absolute Gasteiger partial charge is 0.493 e. The van der Waals surface area contributed by atoms with Crippen molar-refractivity contribution in [2.75, 3.05) is 6.61 Å². The van der Waals surface area contributed by atoms with Gasteiger partial charge < -0.3 is 14.6 Å². The van der Waals surface area contributed by atoms with Crippen LogP contribution in [0.2, 0.25) is 0 Å². The molecule has 0 saturated heterocycles. The molecule has 0 spiro atoms. The Morgan fingerprint density at radius 2 is 2.05 bits per heavy atom. The Morgan fingerprint density at radius 3 is 2.70 bits per heavy atom. The van der Waals surface area contributed by atoms with Crippen LogP contribution in [0.4, 0.5) is 0 Å². The molecule has 112 valence electrons. The topological polar surface area (TPSA) is 38.7 Å². The third-order valence-corrected chi connectivity index (χ3v) is 4.06. The minimum absolute atomic E-state index is 0.333. The van der Waals surface area contributed by atoms with Crippen molar-refractivity contribution >= 4 is 0 Å². The number of benzene rings is 1. The summed E-state index contributed by atoms with van der Waals surface area (Å²) in [7, 11) is 0. The molecule has 1 unspecified atom stereocenters. The van der Waals surface area contributed by atoms with Gasteiger partial charge in [0.2, 0.25) is 0 Å². The summed E-state index contributed by atoms with van der Waals surface area (Å²) >= 11 is 0. The van der Waals surface area contributed by atoms with E-state index in [2.05, 4.69) is 13.8 Å². The van der Waals surface area contributed by atoms with Crippen LogP contribution in [0.5, 0.6) is 11.5 Å². The molecular formula is C17H26O3. The second-order valence-electron chi connectivity index (χ2n) is 6.27. The lowest BCUT2D eigenvalue weighted by atomic mass is 9.92. The van der Waals surface area contributed by atoms with Crippen molar-refractivity contribution in [2.45, 2.75) is 58.7 Å². The molecule has 3 nitrogen and oxygen atoms in total. The first-order chi connectivity index (χ1) is 9.45. The molecule has 3 heteroatoms. The van der Waals surface area contributed by atoms with Crippen LogP contribution >= 0.6 is 0 Å². The quantitative estimate of drug-likeness (QED) is 0.881. The Kier molecular flexibility index (Phi) is 4.59. The van der Waals surface area contributed by atoms with Crippen LogP contribution in [0, 0.1) is 5.92 Å². The van der Waals surface area contributed by atoms with Crippen molar-refractivity contribution in [3.8, 4) is 11.5 Å². The maximum absolute atomic E-state index is 10.2. The molecule has 0 radical (unpaired) electrons. The van der Waals surface area contributed by atoms with Gasteiger partial charge in [-0.2, -0.15) is 0 Å². The lowest BCUT2D eigenvalue weighted by Crippen LogP contribution is -2.34. The minimum Gasteiger partial charge on any atom is -0.493 e.